The number of aliphatic hydroxyl groups is 1. The van der Waals surface area contributed by atoms with E-state index in [0.717, 1.165) is 6.54 Å². The second-order valence-electron chi connectivity index (χ2n) is 4.66. The zero-order chi connectivity index (χ0) is 11.4. The molecule has 3 heteroatoms. The predicted octanol–water partition coefficient (Wildman–Crippen LogP) is 1.35. The minimum atomic E-state index is -0.0525. The predicted molar refractivity (Wildman–Crippen MR) is 63.2 cm³/mol. The van der Waals surface area contributed by atoms with Gasteiger partial charge in [-0.3, -0.25) is 0 Å². The highest BCUT2D eigenvalue weighted by Crippen LogP contribution is 2.26. The number of hydrogen-bond acceptors (Lipinski definition) is 3. The Hall–Kier alpha value is -0.900. The molecule has 1 saturated heterocycles. The Morgan fingerprint density at radius 2 is 2.06 bits per heavy atom. The Bertz CT molecular complexity index is 316. The SMILES string of the molecule is CC(NCC1(CO)COC1)c1ccccc1. The fourth-order valence-electron chi connectivity index (χ4n) is 1.87. The largest absolute Gasteiger partial charge is 0.396 e. The van der Waals surface area contributed by atoms with Gasteiger partial charge in [0.05, 0.1) is 25.2 Å². The van der Waals surface area contributed by atoms with Gasteiger partial charge in [-0.1, -0.05) is 30.3 Å². The fraction of sp³-hybridized carbons (Fsp3) is 0.538. The van der Waals surface area contributed by atoms with Crippen LogP contribution in [0.4, 0.5) is 0 Å². The van der Waals surface area contributed by atoms with E-state index >= 15 is 0 Å². The van der Waals surface area contributed by atoms with E-state index in [1.165, 1.54) is 5.56 Å². The normalized spacial score (nSPS) is 20.1. The number of ether oxygens (including phenoxy) is 1. The first-order valence-corrected chi connectivity index (χ1v) is 5.73. The summed E-state index contributed by atoms with van der Waals surface area (Å²) in [6.45, 7) is 4.47. The molecular formula is C13H19NO2. The maximum absolute atomic E-state index is 9.30. The van der Waals surface area contributed by atoms with E-state index in [0.29, 0.717) is 19.3 Å². The summed E-state index contributed by atoms with van der Waals surface area (Å²) in [6, 6.07) is 10.6. The highest BCUT2D eigenvalue weighted by molar-refractivity contribution is 5.18. The Balaban J connectivity index is 1.86. The molecule has 0 aliphatic carbocycles. The molecule has 0 saturated carbocycles. The van der Waals surface area contributed by atoms with Gasteiger partial charge in [0.15, 0.2) is 0 Å². The fourth-order valence-corrected chi connectivity index (χ4v) is 1.87. The van der Waals surface area contributed by atoms with Crippen LogP contribution in [0.15, 0.2) is 30.3 Å². The summed E-state index contributed by atoms with van der Waals surface area (Å²) in [5.74, 6) is 0. The van der Waals surface area contributed by atoms with Crippen molar-refractivity contribution in [3.05, 3.63) is 35.9 Å². The van der Waals surface area contributed by atoms with Crippen LogP contribution in [0.2, 0.25) is 0 Å². The van der Waals surface area contributed by atoms with Crippen molar-refractivity contribution in [2.75, 3.05) is 26.4 Å². The lowest BCUT2D eigenvalue weighted by Crippen LogP contribution is -2.52. The first-order chi connectivity index (χ1) is 7.76. The molecule has 1 atom stereocenters. The molecule has 0 spiro atoms. The molecule has 1 fully saturated rings. The van der Waals surface area contributed by atoms with Gasteiger partial charge < -0.3 is 15.2 Å². The Morgan fingerprint density at radius 1 is 1.38 bits per heavy atom. The van der Waals surface area contributed by atoms with Gasteiger partial charge in [0, 0.05) is 12.6 Å². The van der Waals surface area contributed by atoms with Crippen molar-refractivity contribution in [1.82, 2.24) is 5.32 Å². The van der Waals surface area contributed by atoms with Crippen LogP contribution in [-0.2, 0) is 4.74 Å². The number of nitrogens with one attached hydrogen (secondary N) is 1. The van der Waals surface area contributed by atoms with Gasteiger partial charge in [0.25, 0.3) is 0 Å². The molecule has 1 aromatic rings. The van der Waals surface area contributed by atoms with Crippen molar-refractivity contribution in [3.8, 4) is 0 Å². The van der Waals surface area contributed by atoms with Gasteiger partial charge >= 0.3 is 0 Å². The monoisotopic (exact) mass is 221 g/mol. The van der Waals surface area contributed by atoms with Crippen molar-refractivity contribution < 1.29 is 9.84 Å². The van der Waals surface area contributed by atoms with Crippen molar-refractivity contribution >= 4 is 0 Å². The highest BCUT2D eigenvalue weighted by Gasteiger charge is 2.37. The number of rotatable bonds is 5. The minimum Gasteiger partial charge on any atom is -0.396 e. The van der Waals surface area contributed by atoms with Gasteiger partial charge in [-0.15, -0.1) is 0 Å². The van der Waals surface area contributed by atoms with E-state index in [1.807, 2.05) is 18.2 Å². The average Bonchev–Trinajstić information content (AvgIpc) is 2.29. The Kier molecular flexibility index (Phi) is 3.59. The molecule has 88 valence electrons. The Labute approximate surface area is 96.4 Å². The summed E-state index contributed by atoms with van der Waals surface area (Å²) in [5.41, 5.74) is 1.22. The van der Waals surface area contributed by atoms with E-state index in [9.17, 15) is 5.11 Å². The summed E-state index contributed by atoms with van der Waals surface area (Å²) >= 11 is 0. The third kappa shape index (κ3) is 2.43. The lowest BCUT2D eigenvalue weighted by molar-refractivity contribution is -0.135. The smallest absolute Gasteiger partial charge is 0.0579 e. The van der Waals surface area contributed by atoms with Crippen LogP contribution >= 0.6 is 0 Å². The molecule has 16 heavy (non-hydrogen) atoms. The van der Waals surface area contributed by atoms with Crippen LogP contribution in [0, 0.1) is 5.41 Å². The number of hydrogen-bond donors (Lipinski definition) is 2. The quantitative estimate of drug-likeness (QED) is 0.788. The van der Waals surface area contributed by atoms with Crippen LogP contribution in [-0.4, -0.2) is 31.5 Å². The third-order valence-corrected chi connectivity index (χ3v) is 3.23. The van der Waals surface area contributed by atoms with Gasteiger partial charge in [-0.25, -0.2) is 0 Å². The van der Waals surface area contributed by atoms with E-state index in [1.54, 1.807) is 0 Å². The standard InChI is InChI=1S/C13H19NO2/c1-11(12-5-3-2-4-6-12)14-7-13(8-15)9-16-10-13/h2-6,11,14-15H,7-10H2,1H3. The van der Waals surface area contributed by atoms with Crippen LogP contribution < -0.4 is 5.32 Å². The molecule has 0 bridgehead atoms. The molecule has 0 aromatic heterocycles. The second-order valence-corrected chi connectivity index (χ2v) is 4.66. The molecule has 3 nitrogen and oxygen atoms in total. The summed E-state index contributed by atoms with van der Waals surface area (Å²) < 4.78 is 5.17. The van der Waals surface area contributed by atoms with E-state index < -0.39 is 0 Å². The minimum absolute atomic E-state index is 0.0525. The van der Waals surface area contributed by atoms with Crippen molar-refractivity contribution in [2.24, 2.45) is 5.41 Å². The van der Waals surface area contributed by atoms with Crippen molar-refractivity contribution in [3.63, 3.8) is 0 Å². The molecule has 2 rings (SSSR count). The van der Waals surface area contributed by atoms with Gasteiger partial charge in [-0.05, 0) is 12.5 Å². The van der Waals surface area contributed by atoms with Crippen LogP contribution in [0.5, 0.6) is 0 Å². The van der Waals surface area contributed by atoms with E-state index in [-0.39, 0.29) is 12.0 Å². The maximum atomic E-state index is 9.30. The topological polar surface area (TPSA) is 41.5 Å². The molecule has 0 radical (unpaired) electrons. The number of benzene rings is 1. The van der Waals surface area contributed by atoms with Crippen LogP contribution in [0.25, 0.3) is 0 Å². The van der Waals surface area contributed by atoms with Gasteiger partial charge in [0.1, 0.15) is 0 Å². The first-order valence-electron chi connectivity index (χ1n) is 5.73. The molecule has 1 aromatic carbocycles. The Morgan fingerprint density at radius 3 is 2.56 bits per heavy atom. The lowest BCUT2D eigenvalue weighted by atomic mass is 9.86. The molecular weight excluding hydrogens is 202 g/mol. The second kappa shape index (κ2) is 4.95. The van der Waals surface area contributed by atoms with E-state index in [4.69, 9.17) is 4.74 Å². The molecule has 1 unspecified atom stereocenters. The summed E-state index contributed by atoms with van der Waals surface area (Å²) in [4.78, 5) is 0. The summed E-state index contributed by atoms with van der Waals surface area (Å²) in [5, 5.41) is 12.8. The van der Waals surface area contributed by atoms with Crippen LogP contribution in [0.1, 0.15) is 18.5 Å². The zero-order valence-electron chi connectivity index (χ0n) is 9.65. The highest BCUT2D eigenvalue weighted by atomic mass is 16.5. The van der Waals surface area contributed by atoms with Crippen LogP contribution in [0.3, 0.4) is 0 Å². The maximum Gasteiger partial charge on any atom is 0.0579 e. The van der Waals surface area contributed by atoms with E-state index in [2.05, 4.69) is 24.4 Å². The molecule has 0 amide bonds. The number of aliphatic hydroxyl groups excluding tert-OH is 1. The third-order valence-electron chi connectivity index (χ3n) is 3.23. The molecule has 2 N–H and O–H groups in total. The lowest BCUT2D eigenvalue weighted by Gasteiger charge is -2.40. The van der Waals surface area contributed by atoms with Crippen molar-refractivity contribution in [2.45, 2.75) is 13.0 Å². The average molecular weight is 221 g/mol. The first kappa shape index (κ1) is 11.6. The molecule has 1 heterocycles. The zero-order valence-corrected chi connectivity index (χ0v) is 9.65. The van der Waals surface area contributed by atoms with Gasteiger partial charge in [-0.2, -0.15) is 0 Å². The summed E-state index contributed by atoms with van der Waals surface area (Å²) in [6.07, 6.45) is 0. The molecule has 1 aliphatic rings. The van der Waals surface area contributed by atoms with Gasteiger partial charge in [0.2, 0.25) is 0 Å². The molecule has 1 aliphatic heterocycles. The summed E-state index contributed by atoms with van der Waals surface area (Å²) in [7, 11) is 0. The van der Waals surface area contributed by atoms with Crippen molar-refractivity contribution in [1.29, 1.82) is 0 Å².